The lowest BCUT2D eigenvalue weighted by atomic mass is 10.1. The molecule has 1 aromatic carbocycles. The Morgan fingerprint density at radius 3 is 2.66 bits per heavy atom. The fraction of sp³-hybridized carbons (Fsp3) is 0.0952. The number of aromatic nitrogens is 3. The van der Waals surface area contributed by atoms with Gasteiger partial charge in [-0.05, 0) is 48.9 Å². The van der Waals surface area contributed by atoms with Crippen LogP contribution in [0.4, 0.5) is 24.5 Å². The summed E-state index contributed by atoms with van der Waals surface area (Å²) in [4.78, 5) is 13.3. The zero-order chi connectivity index (χ0) is 20.2. The van der Waals surface area contributed by atoms with Crippen molar-refractivity contribution in [3.05, 3.63) is 66.0 Å². The Balaban J connectivity index is 1.58. The fourth-order valence-corrected chi connectivity index (χ4v) is 3.29. The van der Waals surface area contributed by atoms with Gasteiger partial charge in [-0.3, -0.25) is 4.98 Å². The first-order valence-corrected chi connectivity index (χ1v) is 8.78. The summed E-state index contributed by atoms with van der Waals surface area (Å²) in [5, 5.41) is 3.84. The number of halogens is 3. The van der Waals surface area contributed by atoms with E-state index in [-0.39, 0.29) is 5.75 Å². The lowest BCUT2D eigenvalue weighted by Gasteiger charge is -2.23. The van der Waals surface area contributed by atoms with Gasteiger partial charge in [-0.2, -0.15) is 13.2 Å². The third-order valence-electron chi connectivity index (χ3n) is 4.74. The highest BCUT2D eigenvalue weighted by Crippen LogP contribution is 2.46. The molecule has 1 N–H and O–H groups in total. The van der Waals surface area contributed by atoms with Crippen LogP contribution in [0.5, 0.6) is 11.5 Å². The van der Waals surface area contributed by atoms with Gasteiger partial charge in [0.05, 0.1) is 34.5 Å². The third-order valence-corrected chi connectivity index (χ3v) is 4.74. The number of alkyl halides is 3. The Labute approximate surface area is 163 Å². The second-order valence-corrected chi connectivity index (χ2v) is 6.67. The molecule has 0 spiro atoms. The minimum Gasteiger partial charge on any atom is -0.451 e. The maximum atomic E-state index is 13.0. The molecule has 4 aromatic rings. The highest BCUT2D eigenvalue weighted by atomic mass is 19.4. The van der Waals surface area contributed by atoms with E-state index >= 15 is 0 Å². The molecule has 0 bridgehead atoms. The summed E-state index contributed by atoms with van der Waals surface area (Å²) in [6.45, 7) is 1.95. The van der Waals surface area contributed by atoms with E-state index in [0.717, 1.165) is 23.4 Å². The lowest BCUT2D eigenvalue weighted by molar-refractivity contribution is -0.137. The predicted octanol–water partition coefficient (Wildman–Crippen LogP) is 5.87. The highest BCUT2D eigenvalue weighted by molar-refractivity contribution is 5.97. The zero-order valence-electron chi connectivity index (χ0n) is 15.1. The van der Waals surface area contributed by atoms with Crippen molar-refractivity contribution < 1.29 is 17.9 Å². The van der Waals surface area contributed by atoms with Gasteiger partial charge >= 0.3 is 6.18 Å². The van der Waals surface area contributed by atoms with Crippen molar-refractivity contribution in [2.45, 2.75) is 13.1 Å². The molecule has 1 aliphatic heterocycles. The average molecular weight is 394 g/mol. The van der Waals surface area contributed by atoms with E-state index in [1.54, 1.807) is 6.20 Å². The van der Waals surface area contributed by atoms with Crippen LogP contribution in [0.15, 0.2) is 54.9 Å². The molecule has 0 saturated carbocycles. The van der Waals surface area contributed by atoms with Crippen molar-refractivity contribution in [1.29, 1.82) is 0 Å². The summed E-state index contributed by atoms with van der Waals surface area (Å²) in [6.07, 6.45) is -1.28. The maximum absolute atomic E-state index is 13.0. The molecule has 0 radical (unpaired) electrons. The van der Waals surface area contributed by atoms with Crippen LogP contribution in [0.3, 0.4) is 0 Å². The number of ether oxygens (including phenoxy) is 1. The van der Waals surface area contributed by atoms with Crippen molar-refractivity contribution in [3.8, 4) is 22.9 Å². The Bertz CT molecular complexity index is 1270. The van der Waals surface area contributed by atoms with Gasteiger partial charge < -0.3 is 10.1 Å². The molecule has 144 valence electrons. The van der Waals surface area contributed by atoms with E-state index in [0.29, 0.717) is 33.9 Å². The number of benzene rings is 1. The van der Waals surface area contributed by atoms with Crippen molar-refractivity contribution in [3.63, 3.8) is 0 Å². The number of pyridine rings is 3. The van der Waals surface area contributed by atoms with Crippen LogP contribution >= 0.6 is 0 Å². The Morgan fingerprint density at radius 1 is 1.00 bits per heavy atom. The van der Waals surface area contributed by atoms with E-state index < -0.39 is 11.7 Å². The molecule has 5 nitrogen and oxygen atoms in total. The van der Waals surface area contributed by atoms with Crippen LogP contribution < -0.4 is 10.1 Å². The van der Waals surface area contributed by atoms with E-state index in [4.69, 9.17) is 4.74 Å². The largest absolute Gasteiger partial charge is 0.451 e. The molecule has 4 heterocycles. The zero-order valence-corrected chi connectivity index (χ0v) is 15.1. The smallest absolute Gasteiger partial charge is 0.416 e. The first-order chi connectivity index (χ1) is 13.9. The van der Waals surface area contributed by atoms with Crippen LogP contribution in [0.25, 0.3) is 22.4 Å². The number of fused-ring (bicyclic) bond motifs is 4. The summed E-state index contributed by atoms with van der Waals surface area (Å²) >= 11 is 0. The number of hydrogen-bond donors (Lipinski definition) is 1. The van der Waals surface area contributed by atoms with E-state index in [1.165, 1.54) is 12.3 Å². The Hall–Kier alpha value is -3.68. The molecular weight excluding hydrogens is 381 g/mol. The standard InChI is InChI=1S/C21H13F3N4O/c1-11-3-2-8-25-18(11)15-7-5-13-19-17(10-26-20(13)28-15)29-16-9-12(21(22,23)24)4-6-14(16)27-19/h2-10,27H,1H3. The summed E-state index contributed by atoms with van der Waals surface area (Å²) in [5.41, 5.74) is 3.22. The van der Waals surface area contributed by atoms with Crippen molar-refractivity contribution >= 4 is 22.4 Å². The Kier molecular flexibility index (Phi) is 3.70. The topological polar surface area (TPSA) is 59.9 Å². The molecule has 8 heteroatoms. The molecule has 5 rings (SSSR count). The van der Waals surface area contributed by atoms with Crippen molar-refractivity contribution in [2.75, 3.05) is 5.32 Å². The van der Waals surface area contributed by atoms with Crippen LogP contribution in [-0.4, -0.2) is 15.0 Å². The van der Waals surface area contributed by atoms with Crippen molar-refractivity contribution in [1.82, 2.24) is 15.0 Å². The third kappa shape index (κ3) is 2.93. The predicted molar refractivity (Wildman–Crippen MR) is 102 cm³/mol. The first kappa shape index (κ1) is 17.4. The molecule has 0 aliphatic carbocycles. The van der Waals surface area contributed by atoms with Gasteiger partial charge in [-0.25, -0.2) is 9.97 Å². The molecule has 1 aliphatic rings. The average Bonchev–Trinajstić information content (AvgIpc) is 2.71. The molecule has 0 fully saturated rings. The molecule has 29 heavy (non-hydrogen) atoms. The number of nitrogens with one attached hydrogen (secondary N) is 1. The minimum atomic E-state index is -4.44. The van der Waals surface area contributed by atoms with E-state index in [1.807, 2.05) is 31.2 Å². The summed E-state index contributed by atoms with van der Waals surface area (Å²) in [5.74, 6) is 0.440. The van der Waals surface area contributed by atoms with Gasteiger partial charge in [0.25, 0.3) is 0 Å². The van der Waals surface area contributed by atoms with Gasteiger partial charge in [-0.1, -0.05) is 6.07 Å². The van der Waals surface area contributed by atoms with Gasteiger partial charge in [0.1, 0.15) is 0 Å². The van der Waals surface area contributed by atoms with Crippen molar-refractivity contribution in [2.24, 2.45) is 0 Å². The Morgan fingerprint density at radius 2 is 1.86 bits per heavy atom. The number of aryl methyl sites for hydroxylation is 1. The number of rotatable bonds is 1. The van der Waals surface area contributed by atoms with Crippen LogP contribution in [-0.2, 0) is 6.18 Å². The second kappa shape index (κ2) is 6.16. The summed E-state index contributed by atoms with van der Waals surface area (Å²) in [7, 11) is 0. The second-order valence-electron chi connectivity index (χ2n) is 6.67. The van der Waals surface area contributed by atoms with Gasteiger partial charge in [0.15, 0.2) is 17.1 Å². The molecule has 0 amide bonds. The summed E-state index contributed by atoms with van der Waals surface area (Å²) < 4.78 is 44.6. The van der Waals surface area contributed by atoms with E-state index in [9.17, 15) is 13.2 Å². The monoisotopic (exact) mass is 394 g/mol. The molecule has 0 saturated heterocycles. The quantitative estimate of drug-likeness (QED) is 0.385. The number of hydrogen-bond acceptors (Lipinski definition) is 5. The SMILES string of the molecule is Cc1cccnc1-c1ccc2c3c(cnc2n1)Oc1cc(C(F)(F)F)ccc1N3. The normalized spacial score (nSPS) is 12.7. The molecule has 3 aromatic heterocycles. The fourth-order valence-electron chi connectivity index (χ4n) is 3.29. The lowest BCUT2D eigenvalue weighted by Crippen LogP contribution is -2.09. The van der Waals surface area contributed by atoms with Gasteiger partial charge in [-0.15, -0.1) is 0 Å². The van der Waals surface area contributed by atoms with Gasteiger partial charge in [0.2, 0.25) is 0 Å². The number of nitrogens with zero attached hydrogens (tertiary/aromatic N) is 3. The van der Waals surface area contributed by atoms with Crippen LogP contribution in [0, 0.1) is 6.92 Å². The minimum absolute atomic E-state index is 0.0992. The molecule has 0 atom stereocenters. The molecule has 0 unspecified atom stereocenters. The van der Waals surface area contributed by atoms with Crippen LogP contribution in [0.2, 0.25) is 0 Å². The maximum Gasteiger partial charge on any atom is 0.416 e. The van der Waals surface area contributed by atoms with Gasteiger partial charge in [0, 0.05) is 11.6 Å². The molecular formula is C21H13F3N4O. The highest BCUT2D eigenvalue weighted by Gasteiger charge is 2.32. The van der Waals surface area contributed by atoms with E-state index in [2.05, 4.69) is 20.3 Å². The first-order valence-electron chi connectivity index (χ1n) is 8.78. The summed E-state index contributed by atoms with van der Waals surface area (Å²) in [6, 6.07) is 10.8. The van der Waals surface area contributed by atoms with Crippen LogP contribution in [0.1, 0.15) is 11.1 Å². The number of anilines is 2.